The van der Waals surface area contributed by atoms with Crippen LogP contribution >= 0.6 is 0 Å². The molecule has 54 heavy (non-hydrogen) atoms. The van der Waals surface area contributed by atoms with Crippen LogP contribution in [0.2, 0.25) is 0 Å². The van der Waals surface area contributed by atoms with E-state index in [1.54, 1.807) is 0 Å². The quantitative estimate of drug-likeness (QED) is 0.0564. The highest BCUT2D eigenvalue weighted by molar-refractivity contribution is 5.82. The zero-order chi connectivity index (χ0) is 39.1. The largest absolute Gasteiger partial charge is 0.493 e. The van der Waals surface area contributed by atoms with Gasteiger partial charge in [0.15, 0.2) is 0 Å². The van der Waals surface area contributed by atoms with Crippen LogP contribution in [0.1, 0.15) is 238 Å². The van der Waals surface area contributed by atoms with Gasteiger partial charge in [-0.25, -0.2) is 4.70 Å². The minimum Gasteiger partial charge on any atom is -0.493 e. The Morgan fingerprint density at radius 3 is 0.926 bits per heavy atom. The smallest absolute Gasteiger partial charge is 0.211 e. The molecule has 302 valence electrons. The summed E-state index contributed by atoms with van der Waals surface area (Å²) in [7, 11) is 0. The standard InChI is InChI=1S/C52H84N2/c1-9-10-11-12-13-14-15-16-17-18-19-20-21-22-23-24-25-26-27-28-29-30-31-32-33-34-35-36-50-47(8)51(48-37-41(2)45(6)42(3)38-48)54(53)52(50)49-39-43(4)46(7)44(5)40-49/h37-40H,9-36H2,1-8H3. The van der Waals surface area contributed by atoms with Crippen LogP contribution in [0.15, 0.2) is 35.4 Å². The summed E-state index contributed by atoms with van der Waals surface area (Å²) in [6.45, 7) is 17.7. The molecule has 3 rings (SSSR count). The monoisotopic (exact) mass is 737 g/mol. The summed E-state index contributed by atoms with van der Waals surface area (Å²) >= 11 is 0. The predicted octanol–water partition coefficient (Wildman–Crippen LogP) is 17.7. The Balaban J connectivity index is 1.25. The molecule has 1 heterocycles. The highest BCUT2D eigenvalue weighted by Gasteiger charge is 2.34. The van der Waals surface area contributed by atoms with E-state index in [-0.39, 0.29) is 0 Å². The Morgan fingerprint density at radius 2 is 0.630 bits per heavy atom. The van der Waals surface area contributed by atoms with Gasteiger partial charge in [-0.2, -0.15) is 0 Å². The first kappa shape index (κ1) is 45.9. The fourth-order valence-electron chi connectivity index (χ4n) is 8.80. The van der Waals surface area contributed by atoms with E-state index in [4.69, 9.17) is 0 Å². The van der Waals surface area contributed by atoms with Crippen LogP contribution in [-0.2, 0) is 0 Å². The summed E-state index contributed by atoms with van der Waals surface area (Å²) in [5.74, 6) is 0. The van der Waals surface area contributed by atoms with Crippen LogP contribution in [0.25, 0.3) is 16.9 Å². The summed E-state index contributed by atoms with van der Waals surface area (Å²) in [6, 6.07) is 9.03. The van der Waals surface area contributed by atoms with Crippen LogP contribution < -0.4 is 0 Å². The average Bonchev–Trinajstić information content (AvgIpc) is 3.40. The molecule has 0 unspecified atom stereocenters. The van der Waals surface area contributed by atoms with Crippen molar-refractivity contribution in [3.63, 3.8) is 0 Å². The number of benzene rings is 2. The van der Waals surface area contributed by atoms with E-state index in [1.165, 1.54) is 223 Å². The molecule has 0 bridgehead atoms. The molecule has 0 saturated carbocycles. The molecular weight excluding hydrogens is 653 g/mol. The minimum atomic E-state index is 0.951. The van der Waals surface area contributed by atoms with E-state index in [9.17, 15) is 5.53 Å². The number of rotatable bonds is 30. The van der Waals surface area contributed by atoms with Gasteiger partial charge >= 0.3 is 0 Å². The highest BCUT2D eigenvalue weighted by atomic mass is 15.2. The minimum absolute atomic E-state index is 0.951. The number of nitrogens with zero attached hydrogens (tertiary/aromatic N) is 2. The molecule has 1 aliphatic heterocycles. The van der Waals surface area contributed by atoms with Gasteiger partial charge in [0, 0.05) is 22.3 Å². The molecule has 2 nitrogen and oxygen atoms in total. The normalized spacial score (nSPS) is 13.3. The lowest BCUT2D eigenvalue weighted by atomic mass is 9.93. The van der Waals surface area contributed by atoms with E-state index in [2.05, 4.69) is 79.7 Å². The molecule has 0 aromatic heterocycles. The Morgan fingerprint density at radius 1 is 0.370 bits per heavy atom. The van der Waals surface area contributed by atoms with Gasteiger partial charge in [0.1, 0.15) is 0 Å². The molecule has 0 aliphatic carbocycles. The summed E-state index contributed by atoms with van der Waals surface area (Å²) in [5.41, 5.74) is 26.3. The maximum Gasteiger partial charge on any atom is 0.211 e. The van der Waals surface area contributed by atoms with Gasteiger partial charge in [-0.1, -0.05) is 174 Å². The lowest BCUT2D eigenvalue weighted by Gasteiger charge is -2.14. The summed E-state index contributed by atoms with van der Waals surface area (Å²) in [5, 5.41) is 0. The molecule has 2 aromatic carbocycles. The van der Waals surface area contributed by atoms with Gasteiger partial charge in [-0.3, -0.25) is 0 Å². The number of hydrogen-bond acceptors (Lipinski definition) is 0. The first-order valence-corrected chi connectivity index (χ1v) is 23.3. The van der Waals surface area contributed by atoms with Gasteiger partial charge in [-0.15, -0.1) is 0 Å². The van der Waals surface area contributed by atoms with Crippen molar-refractivity contribution in [2.24, 2.45) is 0 Å². The number of allylic oxidation sites excluding steroid dienone is 2. The second-order valence-electron chi connectivity index (χ2n) is 17.5. The molecule has 1 aliphatic rings. The van der Waals surface area contributed by atoms with Crippen molar-refractivity contribution in [3.8, 4) is 0 Å². The van der Waals surface area contributed by atoms with Crippen LogP contribution in [0.5, 0.6) is 0 Å². The Kier molecular flexibility index (Phi) is 22.4. The first-order valence-electron chi connectivity index (χ1n) is 23.3. The molecule has 0 spiro atoms. The van der Waals surface area contributed by atoms with Crippen LogP contribution in [-0.4, -0.2) is 4.70 Å². The van der Waals surface area contributed by atoms with Crippen molar-refractivity contribution in [2.45, 2.75) is 235 Å². The Labute approximate surface area is 335 Å². The van der Waals surface area contributed by atoms with Gasteiger partial charge < -0.3 is 5.53 Å². The lowest BCUT2D eigenvalue weighted by molar-refractivity contribution is -0.345. The second-order valence-corrected chi connectivity index (χ2v) is 17.5. The summed E-state index contributed by atoms with van der Waals surface area (Å²) in [4.78, 5) is 0. The fraction of sp³-hybridized carbons (Fsp3) is 0.692. The maximum absolute atomic E-state index is 11.8. The third-order valence-electron chi connectivity index (χ3n) is 12.9. The average molecular weight is 737 g/mol. The first-order chi connectivity index (χ1) is 26.2. The van der Waals surface area contributed by atoms with Gasteiger partial charge in [0.05, 0.1) is 0 Å². The van der Waals surface area contributed by atoms with Crippen molar-refractivity contribution in [3.05, 3.63) is 85.5 Å². The zero-order valence-corrected chi connectivity index (χ0v) is 37.0. The molecule has 0 amide bonds. The van der Waals surface area contributed by atoms with Crippen LogP contribution in [0, 0.1) is 41.5 Å². The van der Waals surface area contributed by atoms with Gasteiger partial charge in [0.2, 0.25) is 11.4 Å². The molecular formula is C52H84N2. The van der Waals surface area contributed by atoms with Crippen LogP contribution in [0.4, 0.5) is 0 Å². The van der Waals surface area contributed by atoms with E-state index in [0.717, 1.165) is 28.9 Å². The summed E-state index contributed by atoms with van der Waals surface area (Å²) in [6.07, 6.45) is 39.4. The molecule has 2 aromatic rings. The second kappa shape index (κ2) is 26.4. The van der Waals surface area contributed by atoms with E-state index < -0.39 is 0 Å². The molecule has 0 N–H and O–H groups in total. The van der Waals surface area contributed by atoms with E-state index in [0.29, 0.717) is 0 Å². The molecule has 0 atom stereocenters. The van der Waals surface area contributed by atoms with Crippen molar-refractivity contribution in [2.75, 3.05) is 0 Å². The van der Waals surface area contributed by atoms with Crippen molar-refractivity contribution >= 4 is 11.4 Å². The molecule has 0 saturated heterocycles. The number of hydrogen-bond donors (Lipinski definition) is 0. The van der Waals surface area contributed by atoms with E-state index in [1.807, 2.05) is 0 Å². The Bertz CT molecular complexity index is 1420. The third-order valence-corrected chi connectivity index (χ3v) is 12.9. The molecule has 0 fully saturated rings. The summed E-state index contributed by atoms with van der Waals surface area (Å²) < 4.78 is 1.51. The zero-order valence-electron chi connectivity index (χ0n) is 37.0. The number of aryl methyl sites for hydroxylation is 4. The fourth-order valence-corrected chi connectivity index (χ4v) is 8.80. The lowest BCUT2D eigenvalue weighted by Crippen LogP contribution is -2.04. The van der Waals surface area contributed by atoms with Crippen molar-refractivity contribution in [1.29, 1.82) is 0 Å². The third kappa shape index (κ3) is 15.6. The van der Waals surface area contributed by atoms with Crippen molar-refractivity contribution < 1.29 is 4.70 Å². The van der Waals surface area contributed by atoms with Gasteiger partial charge in [0.25, 0.3) is 0 Å². The maximum atomic E-state index is 11.8. The molecule has 0 radical (unpaired) electrons. The Hall–Kier alpha value is -2.48. The predicted molar refractivity (Wildman–Crippen MR) is 239 cm³/mol. The SMILES string of the molecule is CCCCCCCCCCCCCCCCCCCCCCCCCCCCCC1=C(c2cc(C)c(C)c(C)c2)[N+](=[N-])C(c2cc(C)c(C)c(C)c2)=C1C. The highest BCUT2D eigenvalue weighted by Crippen LogP contribution is 2.43. The van der Waals surface area contributed by atoms with E-state index >= 15 is 0 Å². The molecule has 2 heteroatoms. The van der Waals surface area contributed by atoms with Crippen LogP contribution in [0.3, 0.4) is 0 Å². The van der Waals surface area contributed by atoms with Crippen molar-refractivity contribution in [1.82, 2.24) is 0 Å². The topological polar surface area (TPSA) is 25.3 Å². The van der Waals surface area contributed by atoms with Gasteiger partial charge in [-0.05, 0) is 119 Å². The number of unbranched alkanes of at least 4 members (excludes halogenated alkanes) is 26.